The standard InChI is InChI=1S/C7H13N3S.C2H6/c1-8-4-5-11-6-7-9-2-3-10-7;1-2/h2-3,8H,4-6H2,1H3,(H,9,10);1-2H3. The Balaban J connectivity index is 0.000000671. The molecule has 0 amide bonds. The summed E-state index contributed by atoms with van der Waals surface area (Å²) in [6.07, 6.45) is 3.64. The second kappa shape index (κ2) is 9.61. The fourth-order valence-electron chi connectivity index (χ4n) is 0.720. The van der Waals surface area contributed by atoms with Gasteiger partial charge in [-0.2, -0.15) is 11.8 Å². The average Bonchev–Trinajstić information content (AvgIpc) is 2.68. The van der Waals surface area contributed by atoms with Gasteiger partial charge < -0.3 is 10.3 Å². The monoisotopic (exact) mass is 201 g/mol. The van der Waals surface area contributed by atoms with Gasteiger partial charge in [0.25, 0.3) is 0 Å². The summed E-state index contributed by atoms with van der Waals surface area (Å²) in [6, 6.07) is 0. The summed E-state index contributed by atoms with van der Waals surface area (Å²) < 4.78 is 0. The summed E-state index contributed by atoms with van der Waals surface area (Å²) in [5.41, 5.74) is 0. The summed E-state index contributed by atoms with van der Waals surface area (Å²) >= 11 is 1.88. The topological polar surface area (TPSA) is 40.7 Å². The number of rotatable bonds is 5. The molecule has 0 spiro atoms. The van der Waals surface area contributed by atoms with Crippen LogP contribution in [0.1, 0.15) is 19.7 Å². The number of aromatic nitrogens is 2. The van der Waals surface area contributed by atoms with E-state index < -0.39 is 0 Å². The third-order valence-corrected chi connectivity index (χ3v) is 2.26. The summed E-state index contributed by atoms with van der Waals surface area (Å²) in [7, 11) is 1.97. The van der Waals surface area contributed by atoms with Gasteiger partial charge in [0.1, 0.15) is 5.82 Å². The third kappa shape index (κ3) is 6.66. The summed E-state index contributed by atoms with van der Waals surface area (Å²) in [5.74, 6) is 3.18. The van der Waals surface area contributed by atoms with Crippen molar-refractivity contribution >= 4 is 11.8 Å². The van der Waals surface area contributed by atoms with Crippen molar-refractivity contribution in [1.82, 2.24) is 15.3 Å². The number of hydrogen-bond donors (Lipinski definition) is 2. The lowest BCUT2D eigenvalue weighted by atomic mass is 10.7. The smallest absolute Gasteiger partial charge is 0.116 e. The van der Waals surface area contributed by atoms with Gasteiger partial charge in [0.2, 0.25) is 0 Å². The van der Waals surface area contributed by atoms with Gasteiger partial charge in [-0.15, -0.1) is 0 Å². The van der Waals surface area contributed by atoms with Gasteiger partial charge in [-0.25, -0.2) is 4.98 Å². The van der Waals surface area contributed by atoms with Crippen LogP contribution in [0.25, 0.3) is 0 Å². The van der Waals surface area contributed by atoms with Crippen LogP contribution in [0.2, 0.25) is 0 Å². The molecule has 2 N–H and O–H groups in total. The molecular formula is C9H19N3S. The Morgan fingerprint density at radius 3 is 2.85 bits per heavy atom. The molecule has 0 saturated carbocycles. The lowest BCUT2D eigenvalue weighted by molar-refractivity contribution is 0.871. The number of H-pyrrole nitrogens is 1. The van der Waals surface area contributed by atoms with Crippen molar-refractivity contribution in [2.75, 3.05) is 19.3 Å². The molecule has 0 aliphatic heterocycles. The Hall–Kier alpha value is -0.480. The van der Waals surface area contributed by atoms with Crippen LogP contribution in [0.4, 0.5) is 0 Å². The third-order valence-electron chi connectivity index (χ3n) is 1.29. The van der Waals surface area contributed by atoms with Crippen molar-refractivity contribution in [3.05, 3.63) is 18.2 Å². The van der Waals surface area contributed by atoms with Crippen molar-refractivity contribution in [2.45, 2.75) is 19.6 Å². The van der Waals surface area contributed by atoms with E-state index in [1.54, 1.807) is 6.20 Å². The molecule has 3 nitrogen and oxygen atoms in total. The maximum absolute atomic E-state index is 4.12. The van der Waals surface area contributed by atoms with Gasteiger partial charge in [0, 0.05) is 24.7 Å². The van der Waals surface area contributed by atoms with E-state index in [0.717, 1.165) is 23.9 Å². The molecule has 0 fully saturated rings. The zero-order valence-corrected chi connectivity index (χ0v) is 9.45. The minimum absolute atomic E-state index is 0.981. The highest BCUT2D eigenvalue weighted by atomic mass is 32.2. The molecule has 76 valence electrons. The minimum atomic E-state index is 0.981. The number of nitrogens with zero attached hydrogens (tertiary/aromatic N) is 1. The molecule has 1 rings (SSSR count). The van der Waals surface area contributed by atoms with Crippen LogP contribution in [0.15, 0.2) is 12.4 Å². The molecule has 0 aliphatic rings. The predicted octanol–water partition coefficient (Wildman–Crippen LogP) is 1.89. The van der Waals surface area contributed by atoms with Gasteiger partial charge in [-0.1, -0.05) is 13.8 Å². The molecular weight excluding hydrogens is 182 g/mol. The lowest BCUT2D eigenvalue weighted by Gasteiger charge is -1.97. The summed E-state index contributed by atoms with van der Waals surface area (Å²) in [6.45, 7) is 5.06. The largest absolute Gasteiger partial charge is 0.348 e. The highest BCUT2D eigenvalue weighted by Gasteiger charge is 1.92. The number of aromatic amines is 1. The first-order valence-electron chi connectivity index (χ1n) is 4.64. The average molecular weight is 201 g/mol. The second-order valence-electron chi connectivity index (χ2n) is 2.19. The molecule has 4 heteroatoms. The van der Waals surface area contributed by atoms with E-state index in [9.17, 15) is 0 Å². The Morgan fingerprint density at radius 1 is 1.54 bits per heavy atom. The van der Waals surface area contributed by atoms with E-state index in [1.165, 1.54) is 0 Å². The Kier molecular flexibility index (Phi) is 9.25. The first kappa shape index (κ1) is 12.5. The Labute approximate surface area is 84.7 Å². The molecule has 0 aliphatic carbocycles. The summed E-state index contributed by atoms with van der Waals surface area (Å²) in [4.78, 5) is 7.18. The molecule has 0 bridgehead atoms. The van der Waals surface area contributed by atoms with E-state index >= 15 is 0 Å². The van der Waals surface area contributed by atoms with Crippen molar-refractivity contribution in [3.8, 4) is 0 Å². The van der Waals surface area contributed by atoms with E-state index in [-0.39, 0.29) is 0 Å². The van der Waals surface area contributed by atoms with Crippen molar-refractivity contribution in [1.29, 1.82) is 0 Å². The molecule has 1 aromatic rings. The zero-order chi connectivity index (χ0) is 9.94. The number of nitrogens with one attached hydrogen (secondary N) is 2. The van der Waals surface area contributed by atoms with Crippen molar-refractivity contribution in [2.24, 2.45) is 0 Å². The van der Waals surface area contributed by atoms with E-state index in [2.05, 4.69) is 15.3 Å². The van der Waals surface area contributed by atoms with E-state index in [4.69, 9.17) is 0 Å². The molecule has 0 atom stereocenters. The highest BCUT2D eigenvalue weighted by Crippen LogP contribution is 2.05. The quantitative estimate of drug-likeness (QED) is 0.715. The maximum Gasteiger partial charge on any atom is 0.116 e. The fourth-order valence-corrected chi connectivity index (χ4v) is 1.56. The molecule has 1 heterocycles. The molecule has 0 saturated heterocycles. The van der Waals surface area contributed by atoms with Crippen LogP contribution < -0.4 is 5.32 Å². The van der Waals surface area contributed by atoms with Crippen LogP contribution in [0.5, 0.6) is 0 Å². The zero-order valence-electron chi connectivity index (χ0n) is 8.63. The highest BCUT2D eigenvalue weighted by molar-refractivity contribution is 7.98. The number of thioether (sulfide) groups is 1. The van der Waals surface area contributed by atoms with Crippen LogP contribution in [-0.4, -0.2) is 29.3 Å². The van der Waals surface area contributed by atoms with Crippen LogP contribution in [-0.2, 0) is 5.75 Å². The predicted molar refractivity (Wildman–Crippen MR) is 60.0 cm³/mol. The number of hydrogen-bond acceptors (Lipinski definition) is 3. The molecule has 13 heavy (non-hydrogen) atoms. The van der Waals surface area contributed by atoms with E-state index in [0.29, 0.717) is 0 Å². The molecule has 1 aromatic heterocycles. The van der Waals surface area contributed by atoms with Crippen LogP contribution in [0, 0.1) is 0 Å². The Morgan fingerprint density at radius 2 is 2.31 bits per heavy atom. The fraction of sp³-hybridized carbons (Fsp3) is 0.667. The van der Waals surface area contributed by atoms with Gasteiger partial charge in [-0.05, 0) is 7.05 Å². The van der Waals surface area contributed by atoms with Gasteiger partial charge in [-0.3, -0.25) is 0 Å². The first-order valence-corrected chi connectivity index (χ1v) is 5.79. The number of imidazole rings is 1. The lowest BCUT2D eigenvalue weighted by Crippen LogP contribution is -2.09. The normalized spacial score (nSPS) is 9.15. The SMILES string of the molecule is CC.CNCCSCc1ncc[nH]1. The van der Waals surface area contributed by atoms with Gasteiger partial charge in [0.15, 0.2) is 0 Å². The minimum Gasteiger partial charge on any atom is -0.348 e. The first-order chi connectivity index (χ1) is 6.43. The second-order valence-corrected chi connectivity index (χ2v) is 3.30. The van der Waals surface area contributed by atoms with Crippen LogP contribution >= 0.6 is 11.8 Å². The van der Waals surface area contributed by atoms with Crippen molar-refractivity contribution in [3.63, 3.8) is 0 Å². The molecule has 0 radical (unpaired) electrons. The van der Waals surface area contributed by atoms with Gasteiger partial charge >= 0.3 is 0 Å². The Bertz CT molecular complexity index is 175. The van der Waals surface area contributed by atoms with Crippen molar-refractivity contribution < 1.29 is 0 Å². The van der Waals surface area contributed by atoms with Gasteiger partial charge in [0.05, 0.1) is 5.75 Å². The molecule has 0 unspecified atom stereocenters. The van der Waals surface area contributed by atoms with E-state index in [1.807, 2.05) is 38.9 Å². The maximum atomic E-state index is 4.12. The molecule has 0 aromatic carbocycles. The summed E-state index contributed by atoms with van der Waals surface area (Å²) in [5, 5.41) is 3.10. The van der Waals surface area contributed by atoms with Crippen LogP contribution in [0.3, 0.4) is 0 Å².